The largest absolute Gasteiger partial charge is 0.340 e. The van der Waals surface area contributed by atoms with E-state index in [1.807, 2.05) is 35.2 Å². The van der Waals surface area contributed by atoms with Crippen molar-refractivity contribution in [3.63, 3.8) is 0 Å². The predicted molar refractivity (Wildman–Crippen MR) is 83.1 cm³/mol. The fraction of sp³-hybridized carbons (Fsp3) is 0.562. The van der Waals surface area contributed by atoms with Crippen molar-refractivity contribution in [3.8, 4) is 0 Å². The molecule has 1 aliphatic rings. The third-order valence-corrected chi connectivity index (χ3v) is 5.40. The van der Waals surface area contributed by atoms with Crippen molar-refractivity contribution < 1.29 is 9.00 Å². The minimum atomic E-state index is -0.742. The van der Waals surface area contributed by atoms with E-state index in [-0.39, 0.29) is 11.8 Å². The van der Waals surface area contributed by atoms with Crippen molar-refractivity contribution in [3.05, 3.63) is 35.9 Å². The fourth-order valence-electron chi connectivity index (χ4n) is 2.67. The lowest BCUT2D eigenvalue weighted by Gasteiger charge is -2.32. The molecule has 0 aliphatic carbocycles. The third-order valence-electron chi connectivity index (χ3n) is 4.13. The van der Waals surface area contributed by atoms with Crippen molar-refractivity contribution in [2.24, 2.45) is 5.92 Å². The second-order valence-corrected chi connectivity index (χ2v) is 7.14. The number of rotatable bonds is 4. The van der Waals surface area contributed by atoms with Crippen LogP contribution in [-0.2, 0) is 15.6 Å². The minimum Gasteiger partial charge on any atom is -0.340 e. The number of carbonyl (C=O) groups is 1. The number of nitrogens with zero attached hydrogens (tertiary/aromatic N) is 1. The van der Waals surface area contributed by atoms with Gasteiger partial charge < -0.3 is 4.90 Å². The summed E-state index contributed by atoms with van der Waals surface area (Å²) in [5, 5.41) is 0. The zero-order chi connectivity index (χ0) is 14.5. The number of hydrogen-bond acceptors (Lipinski definition) is 2. The molecule has 2 rings (SSSR count). The van der Waals surface area contributed by atoms with Crippen LogP contribution < -0.4 is 0 Å². The van der Waals surface area contributed by atoms with Gasteiger partial charge in [-0.3, -0.25) is 9.00 Å². The second-order valence-electron chi connectivity index (χ2n) is 5.45. The van der Waals surface area contributed by atoms with Crippen LogP contribution in [0.25, 0.3) is 0 Å². The van der Waals surface area contributed by atoms with Gasteiger partial charge in [-0.1, -0.05) is 50.6 Å². The zero-order valence-electron chi connectivity index (χ0n) is 12.2. The molecule has 0 unspecified atom stereocenters. The van der Waals surface area contributed by atoms with Gasteiger partial charge in [0.2, 0.25) is 5.91 Å². The lowest BCUT2D eigenvalue weighted by Crippen LogP contribution is -2.45. The van der Waals surface area contributed by atoms with Gasteiger partial charge in [0, 0.05) is 35.4 Å². The van der Waals surface area contributed by atoms with Crippen molar-refractivity contribution in [2.45, 2.75) is 26.2 Å². The first-order valence-electron chi connectivity index (χ1n) is 7.32. The molecule has 4 heteroatoms. The van der Waals surface area contributed by atoms with E-state index >= 15 is 0 Å². The summed E-state index contributed by atoms with van der Waals surface area (Å²) in [6.07, 6.45) is 0.977. The van der Waals surface area contributed by atoms with Gasteiger partial charge in [0.05, 0.1) is 5.92 Å². The molecule has 1 amide bonds. The van der Waals surface area contributed by atoms with E-state index in [2.05, 4.69) is 13.8 Å². The molecular formula is C16H23NO2S. The second kappa shape index (κ2) is 7.02. The van der Waals surface area contributed by atoms with Gasteiger partial charge in [-0.15, -0.1) is 0 Å². The molecule has 2 atom stereocenters. The standard InChI is InChI=1S/C16H23NO2S/c1-3-13(2)15(14-7-5-4-6-8-14)16(18)17-9-11-20(19)12-10-17/h4-8,13,15H,3,9-12H2,1-2H3/t13-,15-/m1/s1. The highest BCUT2D eigenvalue weighted by Gasteiger charge is 2.31. The third kappa shape index (κ3) is 3.48. The number of hydrogen-bond donors (Lipinski definition) is 0. The summed E-state index contributed by atoms with van der Waals surface area (Å²) in [5.41, 5.74) is 1.10. The summed E-state index contributed by atoms with van der Waals surface area (Å²) >= 11 is 0. The van der Waals surface area contributed by atoms with E-state index in [1.54, 1.807) is 0 Å². The summed E-state index contributed by atoms with van der Waals surface area (Å²) in [5.74, 6) is 1.67. The normalized spacial score (nSPS) is 19.6. The molecule has 0 spiro atoms. The Morgan fingerprint density at radius 1 is 1.25 bits per heavy atom. The lowest BCUT2D eigenvalue weighted by atomic mass is 9.84. The highest BCUT2D eigenvalue weighted by atomic mass is 32.2. The van der Waals surface area contributed by atoms with E-state index in [4.69, 9.17) is 0 Å². The smallest absolute Gasteiger partial charge is 0.230 e. The Bertz CT molecular complexity index is 465. The molecule has 1 aromatic carbocycles. The molecule has 110 valence electrons. The van der Waals surface area contributed by atoms with Gasteiger partial charge in [0.1, 0.15) is 0 Å². The quantitative estimate of drug-likeness (QED) is 0.855. The van der Waals surface area contributed by atoms with Crippen molar-refractivity contribution in [2.75, 3.05) is 24.6 Å². The molecule has 1 heterocycles. The van der Waals surface area contributed by atoms with E-state index in [0.29, 0.717) is 30.5 Å². The average molecular weight is 293 g/mol. The van der Waals surface area contributed by atoms with Crippen molar-refractivity contribution in [1.29, 1.82) is 0 Å². The van der Waals surface area contributed by atoms with Gasteiger partial charge in [0.15, 0.2) is 0 Å². The Morgan fingerprint density at radius 3 is 2.40 bits per heavy atom. The Kier molecular flexibility index (Phi) is 5.35. The van der Waals surface area contributed by atoms with Crippen molar-refractivity contribution >= 4 is 16.7 Å². The van der Waals surface area contributed by atoms with Gasteiger partial charge >= 0.3 is 0 Å². The minimum absolute atomic E-state index is 0.0762. The molecule has 1 fully saturated rings. The van der Waals surface area contributed by atoms with Crippen LogP contribution in [0.2, 0.25) is 0 Å². The Morgan fingerprint density at radius 2 is 1.85 bits per heavy atom. The SMILES string of the molecule is CC[C@@H](C)[C@@H](C(=O)N1CCS(=O)CC1)c1ccccc1. The fourth-order valence-corrected chi connectivity index (χ4v) is 3.72. The van der Waals surface area contributed by atoms with E-state index in [0.717, 1.165) is 12.0 Å². The summed E-state index contributed by atoms with van der Waals surface area (Å²) < 4.78 is 11.4. The van der Waals surface area contributed by atoms with Crippen LogP contribution in [0.1, 0.15) is 31.7 Å². The summed E-state index contributed by atoms with van der Waals surface area (Å²) in [4.78, 5) is 14.7. The molecule has 0 aromatic heterocycles. The Hall–Kier alpha value is -1.16. The van der Waals surface area contributed by atoms with Crippen LogP contribution in [0.4, 0.5) is 0 Å². The molecule has 1 aromatic rings. The monoisotopic (exact) mass is 293 g/mol. The lowest BCUT2D eigenvalue weighted by molar-refractivity contribution is -0.133. The van der Waals surface area contributed by atoms with E-state index in [1.165, 1.54) is 0 Å². The topological polar surface area (TPSA) is 37.4 Å². The molecule has 1 saturated heterocycles. The maximum atomic E-state index is 12.8. The van der Waals surface area contributed by atoms with E-state index in [9.17, 15) is 9.00 Å². The van der Waals surface area contributed by atoms with Crippen molar-refractivity contribution in [1.82, 2.24) is 4.90 Å². The van der Waals surface area contributed by atoms with E-state index < -0.39 is 10.8 Å². The molecule has 1 aliphatic heterocycles. The maximum absolute atomic E-state index is 12.8. The summed E-state index contributed by atoms with van der Waals surface area (Å²) in [7, 11) is -0.742. The average Bonchev–Trinajstić information content (AvgIpc) is 2.49. The van der Waals surface area contributed by atoms with Crippen LogP contribution in [-0.4, -0.2) is 39.6 Å². The first-order valence-corrected chi connectivity index (χ1v) is 8.81. The van der Waals surface area contributed by atoms with Gasteiger partial charge in [-0.05, 0) is 11.5 Å². The van der Waals surface area contributed by atoms with Crippen LogP contribution >= 0.6 is 0 Å². The molecule has 0 saturated carbocycles. The highest BCUT2D eigenvalue weighted by Crippen LogP contribution is 2.29. The maximum Gasteiger partial charge on any atom is 0.230 e. The van der Waals surface area contributed by atoms with Crippen LogP contribution in [0.15, 0.2) is 30.3 Å². The predicted octanol–water partition coefficient (Wildman–Crippen LogP) is 2.41. The van der Waals surface area contributed by atoms with Gasteiger partial charge in [-0.25, -0.2) is 0 Å². The number of amides is 1. The first kappa shape index (κ1) is 15.2. The zero-order valence-corrected chi connectivity index (χ0v) is 13.1. The van der Waals surface area contributed by atoms with Crippen LogP contribution in [0.3, 0.4) is 0 Å². The molecule has 20 heavy (non-hydrogen) atoms. The molecule has 3 nitrogen and oxygen atoms in total. The number of benzene rings is 1. The molecular weight excluding hydrogens is 270 g/mol. The molecule has 0 radical (unpaired) electrons. The van der Waals surface area contributed by atoms with Gasteiger partial charge in [-0.2, -0.15) is 0 Å². The summed E-state index contributed by atoms with van der Waals surface area (Å²) in [6, 6.07) is 10.0. The van der Waals surface area contributed by atoms with Crippen LogP contribution in [0.5, 0.6) is 0 Å². The highest BCUT2D eigenvalue weighted by molar-refractivity contribution is 7.85. The van der Waals surface area contributed by atoms with Gasteiger partial charge in [0.25, 0.3) is 0 Å². The molecule has 0 N–H and O–H groups in total. The summed E-state index contributed by atoms with van der Waals surface area (Å²) in [6.45, 7) is 5.52. The molecule has 0 bridgehead atoms. The Balaban J connectivity index is 2.19. The first-order chi connectivity index (χ1) is 9.63. The number of carbonyl (C=O) groups excluding carboxylic acids is 1. The van der Waals surface area contributed by atoms with Crippen LogP contribution in [0, 0.1) is 5.92 Å². The Labute approximate surface area is 123 Å².